The predicted octanol–water partition coefficient (Wildman–Crippen LogP) is 4.17. The van der Waals surface area contributed by atoms with E-state index in [1.165, 1.54) is 24.3 Å². The van der Waals surface area contributed by atoms with Crippen molar-refractivity contribution in [3.8, 4) is 0 Å². The molecule has 0 bridgehead atoms. The first-order valence-electron chi connectivity index (χ1n) is 9.69. The van der Waals surface area contributed by atoms with Crippen molar-refractivity contribution in [1.82, 2.24) is 5.32 Å². The summed E-state index contributed by atoms with van der Waals surface area (Å²) in [4.78, 5) is 36.8. The molecule has 2 aromatic rings. The van der Waals surface area contributed by atoms with E-state index < -0.39 is 46.8 Å². The number of carbonyl (C=O) groups excluding carboxylic acids is 3. The van der Waals surface area contributed by atoms with E-state index in [0.29, 0.717) is 11.1 Å². The summed E-state index contributed by atoms with van der Waals surface area (Å²) in [7, 11) is 1.11. The smallest absolute Gasteiger partial charge is 0.417 e. The number of amides is 1. The van der Waals surface area contributed by atoms with Crippen molar-refractivity contribution in [2.75, 3.05) is 7.11 Å². The van der Waals surface area contributed by atoms with Crippen molar-refractivity contribution in [1.29, 1.82) is 0 Å². The molecule has 32 heavy (non-hydrogen) atoms. The Morgan fingerprint density at radius 2 is 1.56 bits per heavy atom. The summed E-state index contributed by atoms with van der Waals surface area (Å²) < 4.78 is 49.6. The standard InChI is InChI=1S/C23H24F3NO5/c1-22(2,3)32-20(29)15-11-9-14(10-12-15)13-18(21(30)31-4)27-19(28)16-7-5-6-8-17(16)23(24,25)26/h5-12,18H,13H2,1-4H3,(H,27,28)/t18-/m1/s1. The SMILES string of the molecule is COC(=O)[C@@H](Cc1ccc(C(=O)OC(C)(C)C)cc1)NC(=O)c1ccccc1C(F)(F)F. The number of alkyl halides is 3. The van der Waals surface area contributed by atoms with Crippen molar-refractivity contribution >= 4 is 17.8 Å². The van der Waals surface area contributed by atoms with E-state index in [-0.39, 0.29) is 6.42 Å². The minimum absolute atomic E-state index is 0.0544. The number of ether oxygens (including phenoxy) is 2. The Morgan fingerprint density at radius 1 is 0.969 bits per heavy atom. The Hall–Kier alpha value is -3.36. The Morgan fingerprint density at radius 3 is 2.09 bits per heavy atom. The first-order valence-corrected chi connectivity index (χ1v) is 9.69. The lowest BCUT2D eigenvalue weighted by Gasteiger charge is -2.20. The van der Waals surface area contributed by atoms with E-state index >= 15 is 0 Å². The molecule has 2 rings (SSSR count). The fourth-order valence-corrected chi connectivity index (χ4v) is 2.85. The summed E-state index contributed by atoms with van der Waals surface area (Å²) in [5, 5.41) is 2.31. The molecule has 0 saturated carbocycles. The van der Waals surface area contributed by atoms with Crippen molar-refractivity contribution in [3.05, 3.63) is 70.8 Å². The summed E-state index contributed by atoms with van der Waals surface area (Å²) in [5.41, 5.74) is -1.53. The highest BCUT2D eigenvalue weighted by Gasteiger charge is 2.35. The minimum Gasteiger partial charge on any atom is -0.467 e. The quantitative estimate of drug-likeness (QED) is 0.667. The van der Waals surface area contributed by atoms with Crippen LogP contribution in [0.2, 0.25) is 0 Å². The van der Waals surface area contributed by atoms with Crippen molar-refractivity contribution in [3.63, 3.8) is 0 Å². The number of benzene rings is 2. The van der Waals surface area contributed by atoms with E-state index in [1.54, 1.807) is 32.9 Å². The molecule has 0 spiro atoms. The molecule has 1 atom stereocenters. The first-order chi connectivity index (χ1) is 14.8. The third-order valence-electron chi connectivity index (χ3n) is 4.30. The molecule has 9 heteroatoms. The van der Waals surface area contributed by atoms with Gasteiger partial charge >= 0.3 is 18.1 Å². The number of methoxy groups -OCH3 is 1. The third-order valence-corrected chi connectivity index (χ3v) is 4.30. The minimum atomic E-state index is -4.73. The molecule has 0 radical (unpaired) electrons. The summed E-state index contributed by atoms with van der Waals surface area (Å²) in [6.07, 6.45) is -4.78. The highest BCUT2D eigenvalue weighted by atomic mass is 19.4. The Kier molecular flexibility index (Phi) is 7.66. The number of carbonyl (C=O) groups is 3. The Bertz CT molecular complexity index is 978. The highest BCUT2D eigenvalue weighted by molar-refractivity contribution is 5.98. The average Bonchev–Trinajstić information content (AvgIpc) is 2.71. The summed E-state index contributed by atoms with van der Waals surface area (Å²) in [6, 6.07) is 9.17. The van der Waals surface area contributed by atoms with Gasteiger partial charge in [0, 0.05) is 6.42 Å². The molecule has 172 valence electrons. The van der Waals surface area contributed by atoms with Gasteiger partial charge in [0.05, 0.1) is 23.8 Å². The van der Waals surface area contributed by atoms with Gasteiger partial charge in [-0.3, -0.25) is 4.79 Å². The molecular formula is C23H24F3NO5. The Labute approximate surface area is 183 Å². The maximum atomic E-state index is 13.2. The lowest BCUT2D eigenvalue weighted by atomic mass is 10.0. The van der Waals surface area contributed by atoms with Crippen molar-refractivity contribution < 1.29 is 37.0 Å². The number of hydrogen-bond acceptors (Lipinski definition) is 5. The fourth-order valence-electron chi connectivity index (χ4n) is 2.85. The summed E-state index contributed by atoms with van der Waals surface area (Å²) >= 11 is 0. The van der Waals surface area contributed by atoms with Gasteiger partial charge in [0.25, 0.3) is 5.91 Å². The van der Waals surface area contributed by atoms with Crippen LogP contribution in [0.15, 0.2) is 48.5 Å². The monoisotopic (exact) mass is 451 g/mol. The molecule has 1 amide bonds. The molecule has 0 aromatic heterocycles. The van der Waals surface area contributed by atoms with E-state index in [2.05, 4.69) is 10.1 Å². The van der Waals surface area contributed by atoms with Crippen LogP contribution < -0.4 is 5.32 Å². The van der Waals surface area contributed by atoms with Gasteiger partial charge in [-0.1, -0.05) is 24.3 Å². The maximum absolute atomic E-state index is 13.2. The van der Waals surface area contributed by atoms with Crippen molar-refractivity contribution in [2.24, 2.45) is 0 Å². The molecule has 1 N–H and O–H groups in total. The lowest BCUT2D eigenvalue weighted by Crippen LogP contribution is -2.43. The predicted molar refractivity (Wildman–Crippen MR) is 110 cm³/mol. The average molecular weight is 451 g/mol. The Balaban J connectivity index is 2.20. The van der Waals surface area contributed by atoms with Crippen LogP contribution in [-0.4, -0.2) is 36.6 Å². The van der Waals surface area contributed by atoms with Crippen LogP contribution in [0.25, 0.3) is 0 Å². The van der Waals surface area contributed by atoms with Crippen LogP contribution in [-0.2, 0) is 26.9 Å². The van der Waals surface area contributed by atoms with E-state index in [9.17, 15) is 27.6 Å². The van der Waals surface area contributed by atoms with Gasteiger partial charge in [-0.05, 0) is 50.6 Å². The number of hydrogen-bond donors (Lipinski definition) is 1. The number of rotatable bonds is 6. The third kappa shape index (κ3) is 6.83. The van der Waals surface area contributed by atoms with Crippen LogP contribution in [0.4, 0.5) is 13.2 Å². The number of esters is 2. The van der Waals surface area contributed by atoms with Gasteiger partial charge in [-0.2, -0.15) is 13.2 Å². The van der Waals surface area contributed by atoms with Crippen LogP contribution in [0.3, 0.4) is 0 Å². The zero-order chi connectivity index (χ0) is 24.1. The van der Waals surface area contributed by atoms with Gasteiger partial charge in [-0.15, -0.1) is 0 Å². The first kappa shape index (κ1) is 24.9. The molecule has 6 nitrogen and oxygen atoms in total. The second-order valence-corrected chi connectivity index (χ2v) is 8.00. The van der Waals surface area contributed by atoms with E-state index in [4.69, 9.17) is 4.74 Å². The molecule has 0 fully saturated rings. The van der Waals surface area contributed by atoms with Gasteiger partial charge in [-0.25, -0.2) is 9.59 Å². The van der Waals surface area contributed by atoms with Crippen molar-refractivity contribution in [2.45, 2.75) is 45.0 Å². The highest BCUT2D eigenvalue weighted by Crippen LogP contribution is 2.31. The zero-order valence-electron chi connectivity index (χ0n) is 18.1. The van der Waals surface area contributed by atoms with Crippen LogP contribution >= 0.6 is 0 Å². The molecule has 0 aliphatic carbocycles. The van der Waals surface area contributed by atoms with Crippen LogP contribution in [0.5, 0.6) is 0 Å². The van der Waals surface area contributed by atoms with Gasteiger partial charge < -0.3 is 14.8 Å². The molecule has 0 saturated heterocycles. The van der Waals surface area contributed by atoms with E-state index in [0.717, 1.165) is 19.2 Å². The maximum Gasteiger partial charge on any atom is 0.417 e. The second kappa shape index (κ2) is 9.84. The summed E-state index contributed by atoms with van der Waals surface area (Å²) in [5.74, 6) is -2.40. The van der Waals surface area contributed by atoms with E-state index in [1.807, 2.05) is 0 Å². The topological polar surface area (TPSA) is 81.7 Å². The molecule has 0 aliphatic rings. The van der Waals surface area contributed by atoms with Crippen LogP contribution in [0, 0.1) is 0 Å². The summed E-state index contributed by atoms with van der Waals surface area (Å²) in [6.45, 7) is 5.21. The van der Waals surface area contributed by atoms with Gasteiger partial charge in [0.1, 0.15) is 11.6 Å². The molecular weight excluding hydrogens is 427 g/mol. The fraction of sp³-hybridized carbons (Fsp3) is 0.348. The van der Waals surface area contributed by atoms with Crippen LogP contribution in [0.1, 0.15) is 52.6 Å². The van der Waals surface area contributed by atoms with Gasteiger partial charge in [0.2, 0.25) is 0 Å². The van der Waals surface area contributed by atoms with Gasteiger partial charge in [0.15, 0.2) is 0 Å². The lowest BCUT2D eigenvalue weighted by molar-refractivity contribution is -0.142. The number of nitrogens with one attached hydrogen (secondary N) is 1. The largest absolute Gasteiger partial charge is 0.467 e. The molecule has 0 heterocycles. The molecule has 0 aliphatic heterocycles. The second-order valence-electron chi connectivity index (χ2n) is 8.00. The number of halogens is 3. The zero-order valence-corrected chi connectivity index (χ0v) is 18.1. The molecule has 0 unspecified atom stereocenters. The molecule has 2 aromatic carbocycles. The normalized spacial score (nSPS) is 12.6.